The summed E-state index contributed by atoms with van der Waals surface area (Å²) in [6.07, 6.45) is 0.479. The monoisotopic (exact) mass is 239 g/mol. The Bertz CT molecular complexity index is 398. The maximum Gasteiger partial charge on any atom is 0.250 e. The van der Waals surface area contributed by atoms with Crippen LogP contribution in [0.5, 0.6) is 0 Å². The van der Waals surface area contributed by atoms with Crippen LogP contribution in [0.4, 0.5) is 0 Å². The molecule has 1 rings (SSSR count). The molecule has 13 heavy (non-hydrogen) atoms. The van der Waals surface area contributed by atoms with Crippen LogP contribution in [0.2, 0.25) is 4.34 Å². The topological polar surface area (TPSA) is 63.2 Å². The van der Waals surface area contributed by atoms with E-state index in [9.17, 15) is 13.2 Å². The van der Waals surface area contributed by atoms with E-state index in [0.717, 1.165) is 11.3 Å². The van der Waals surface area contributed by atoms with Crippen molar-refractivity contribution in [3.63, 3.8) is 0 Å². The maximum absolute atomic E-state index is 11.3. The fourth-order valence-electron chi connectivity index (χ4n) is 0.657. The first-order chi connectivity index (χ1) is 6.06. The second-order valence-electron chi connectivity index (χ2n) is 2.08. The molecule has 0 aliphatic heterocycles. The van der Waals surface area contributed by atoms with Gasteiger partial charge in [0.15, 0.2) is 0 Å². The average Bonchev–Trinajstić information content (AvgIpc) is 2.49. The predicted octanol–water partition coefficient (Wildman–Crippen LogP) is 0.879. The van der Waals surface area contributed by atoms with Crippen molar-refractivity contribution >= 4 is 39.2 Å². The lowest BCUT2D eigenvalue weighted by Gasteiger charge is -1.98. The van der Waals surface area contributed by atoms with Gasteiger partial charge in [-0.2, -0.15) is 0 Å². The van der Waals surface area contributed by atoms with E-state index in [1.54, 1.807) is 0 Å². The number of nitrogens with one attached hydrogen (secondary N) is 1. The minimum atomic E-state index is -3.55. The molecule has 0 unspecified atom stereocenters. The summed E-state index contributed by atoms with van der Waals surface area (Å²) < 4.78 is 25.2. The van der Waals surface area contributed by atoms with Gasteiger partial charge in [-0.05, 0) is 12.1 Å². The van der Waals surface area contributed by atoms with E-state index >= 15 is 0 Å². The Balaban J connectivity index is 2.87. The summed E-state index contributed by atoms with van der Waals surface area (Å²) in [7, 11) is -3.55. The van der Waals surface area contributed by atoms with Crippen molar-refractivity contribution in [1.29, 1.82) is 0 Å². The molecule has 4 nitrogen and oxygen atoms in total. The van der Waals surface area contributed by atoms with Crippen molar-refractivity contribution in [1.82, 2.24) is 4.72 Å². The van der Waals surface area contributed by atoms with Crippen LogP contribution in [0.1, 0.15) is 0 Å². The fourth-order valence-corrected chi connectivity index (χ4v) is 3.13. The van der Waals surface area contributed by atoms with Crippen LogP contribution in [0.25, 0.3) is 0 Å². The quantitative estimate of drug-likeness (QED) is 0.794. The predicted molar refractivity (Wildman–Crippen MR) is 50.6 cm³/mol. The van der Waals surface area contributed by atoms with Crippen LogP contribution < -0.4 is 4.72 Å². The highest BCUT2D eigenvalue weighted by molar-refractivity contribution is 7.91. The van der Waals surface area contributed by atoms with Crippen LogP contribution in [0.3, 0.4) is 0 Å². The van der Waals surface area contributed by atoms with Gasteiger partial charge in [0.1, 0.15) is 10.5 Å². The van der Waals surface area contributed by atoms with Crippen molar-refractivity contribution in [2.24, 2.45) is 0 Å². The van der Waals surface area contributed by atoms with Crippen molar-refractivity contribution in [3.8, 4) is 0 Å². The second-order valence-corrected chi connectivity index (χ2v) is 5.79. The molecule has 0 bridgehead atoms. The summed E-state index contributed by atoms with van der Waals surface area (Å²) >= 11 is 6.50. The molecule has 1 aromatic heterocycles. The van der Waals surface area contributed by atoms with Gasteiger partial charge in [-0.25, -0.2) is 13.1 Å². The van der Waals surface area contributed by atoms with E-state index in [4.69, 9.17) is 11.6 Å². The van der Waals surface area contributed by atoms with Gasteiger partial charge in [-0.3, -0.25) is 0 Å². The Morgan fingerprint density at radius 1 is 1.54 bits per heavy atom. The molecule has 0 saturated carbocycles. The van der Waals surface area contributed by atoms with E-state index < -0.39 is 10.0 Å². The molecule has 0 fully saturated rings. The van der Waals surface area contributed by atoms with E-state index in [-0.39, 0.29) is 10.8 Å². The zero-order chi connectivity index (χ0) is 9.90. The number of rotatable bonds is 4. The van der Waals surface area contributed by atoms with Crippen LogP contribution in [0, 0.1) is 0 Å². The Morgan fingerprint density at radius 3 is 2.69 bits per heavy atom. The van der Waals surface area contributed by atoms with Gasteiger partial charge < -0.3 is 4.79 Å². The minimum Gasteiger partial charge on any atom is -0.302 e. The molecule has 0 aromatic carbocycles. The number of aldehydes is 1. The highest BCUT2D eigenvalue weighted by Crippen LogP contribution is 2.24. The zero-order valence-corrected chi connectivity index (χ0v) is 8.75. The Hall–Kier alpha value is -0.430. The van der Waals surface area contributed by atoms with Crippen LogP contribution in [0.15, 0.2) is 16.3 Å². The van der Waals surface area contributed by atoms with Crippen molar-refractivity contribution in [3.05, 3.63) is 16.5 Å². The standard InChI is InChI=1S/C6H6ClNO3S2/c7-5-1-2-6(12-5)13(10,11)8-3-4-9/h1-2,4,8H,3H2. The summed E-state index contributed by atoms with van der Waals surface area (Å²) in [6, 6.07) is 2.88. The molecule has 0 spiro atoms. The van der Waals surface area contributed by atoms with Gasteiger partial charge in [0.2, 0.25) is 10.0 Å². The molecule has 0 radical (unpaired) electrons. The SMILES string of the molecule is O=CCNS(=O)(=O)c1ccc(Cl)s1. The van der Waals surface area contributed by atoms with Gasteiger partial charge in [0.25, 0.3) is 0 Å². The molecule has 7 heteroatoms. The van der Waals surface area contributed by atoms with E-state index in [0.29, 0.717) is 10.6 Å². The number of thiophene rings is 1. The molecule has 0 amide bonds. The second kappa shape index (κ2) is 4.19. The van der Waals surface area contributed by atoms with Crippen LogP contribution in [-0.2, 0) is 14.8 Å². The lowest BCUT2D eigenvalue weighted by molar-refractivity contribution is -0.106. The van der Waals surface area contributed by atoms with Gasteiger partial charge >= 0.3 is 0 Å². The van der Waals surface area contributed by atoms with E-state index in [2.05, 4.69) is 4.72 Å². The van der Waals surface area contributed by atoms with Gasteiger partial charge in [0, 0.05) is 0 Å². The van der Waals surface area contributed by atoms with Crippen molar-refractivity contribution in [2.45, 2.75) is 4.21 Å². The number of carbonyl (C=O) groups is 1. The number of hydrogen-bond donors (Lipinski definition) is 1. The van der Waals surface area contributed by atoms with Crippen molar-refractivity contribution in [2.75, 3.05) is 6.54 Å². The Morgan fingerprint density at radius 2 is 2.23 bits per heavy atom. The first kappa shape index (κ1) is 10.6. The molecule has 0 saturated heterocycles. The van der Waals surface area contributed by atoms with E-state index in [1.807, 2.05) is 0 Å². The number of hydrogen-bond acceptors (Lipinski definition) is 4. The summed E-state index contributed by atoms with van der Waals surface area (Å²) in [4.78, 5) is 9.94. The molecule has 0 atom stereocenters. The summed E-state index contributed by atoms with van der Waals surface area (Å²) in [5.41, 5.74) is 0. The maximum atomic E-state index is 11.3. The first-order valence-corrected chi connectivity index (χ1v) is 5.92. The molecule has 0 aliphatic rings. The number of halogens is 1. The molecular weight excluding hydrogens is 234 g/mol. The third-order valence-corrected chi connectivity index (χ3v) is 4.32. The van der Waals surface area contributed by atoms with Gasteiger partial charge in [-0.15, -0.1) is 11.3 Å². The van der Waals surface area contributed by atoms with Crippen LogP contribution in [-0.4, -0.2) is 21.2 Å². The highest BCUT2D eigenvalue weighted by atomic mass is 35.5. The van der Waals surface area contributed by atoms with Crippen LogP contribution >= 0.6 is 22.9 Å². The fraction of sp³-hybridized carbons (Fsp3) is 0.167. The molecule has 0 aliphatic carbocycles. The third kappa shape index (κ3) is 2.77. The molecule has 72 valence electrons. The minimum absolute atomic E-state index is 0.111. The Kier molecular flexibility index (Phi) is 3.43. The lowest BCUT2D eigenvalue weighted by Crippen LogP contribution is -2.24. The molecular formula is C6H6ClNO3S2. The van der Waals surface area contributed by atoms with E-state index in [1.165, 1.54) is 12.1 Å². The van der Waals surface area contributed by atoms with Gasteiger partial charge in [0.05, 0.1) is 10.9 Å². The largest absolute Gasteiger partial charge is 0.302 e. The van der Waals surface area contributed by atoms with Gasteiger partial charge in [-0.1, -0.05) is 11.6 Å². The number of sulfonamides is 1. The first-order valence-electron chi connectivity index (χ1n) is 3.25. The Labute approximate surface area is 84.6 Å². The molecule has 1 aromatic rings. The third-order valence-electron chi connectivity index (χ3n) is 1.17. The lowest BCUT2D eigenvalue weighted by atomic mass is 10.7. The summed E-state index contributed by atoms with van der Waals surface area (Å²) in [5, 5.41) is 0. The summed E-state index contributed by atoms with van der Waals surface area (Å²) in [6.45, 7) is -0.224. The highest BCUT2D eigenvalue weighted by Gasteiger charge is 2.15. The molecule has 1 N–H and O–H groups in total. The molecule has 1 heterocycles. The smallest absolute Gasteiger partial charge is 0.250 e. The normalized spacial score (nSPS) is 11.5. The average molecular weight is 240 g/mol. The zero-order valence-electron chi connectivity index (χ0n) is 6.36. The number of carbonyl (C=O) groups excluding carboxylic acids is 1. The van der Waals surface area contributed by atoms with Crippen molar-refractivity contribution < 1.29 is 13.2 Å². The summed E-state index contributed by atoms with van der Waals surface area (Å²) in [5.74, 6) is 0.